The standard InChI is InChI=1S/C17H27N3O/c1-14-12-20(13-15-7-5-4-6-8-15)10-9-16(14)19(3)17(21)11-18-2/h4-8,14,16,18H,9-13H2,1-3H3/t14-,16-/m1/s1. The summed E-state index contributed by atoms with van der Waals surface area (Å²) in [5.41, 5.74) is 1.36. The number of carbonyl (C=O) groups excluding carboxylic acids is 1. The molecule has 4 heteroatoms. The first kappa shape index (κ1) is 16.0. The number of benzene rings is 1. The lowest BCUT2D eigenvalue weighted by molar-refractivity contribution is -0.133. The number of likely N-dealkylation sites (N-methyl/N-ethyl adjacent to an activating group) is 2. The highest BCUT2D eigenvalue weighted by Crippen LogP contribution is 2.22. The molecule has 1 aliphatic heterocycles. The van der Waals surface area contributed by atoms with Gasteiger partial charge in [-0.3, -0.25) is 9.69 Å². The second-order valence-corrected chi connectivity index (χ2v) is 6.09. The number of hydrogen-bond acceptors (Lipinski definition) is 3. The summed E-state index contributed by atoms with van der Waals surface area (Å²) in [4.78, 5) is 16.4. The molecule has 21 heavy (non-hydrogen) atoms. The number of likely N-dealkylation sites (tertiary alicyclic amines) is 1. The summed E-state index contributed by atoms with van der Waals surface area (Å²) in [7, 11) is 3.76. The third-order valence-corrected chi connectivity index (χ3v) is 4.41. The third-order valence-electron chi connectivity index (χ3n) is 4.41. The summed E-state index contributed by atoms with van der Waals surface area (Å²) in [6.07, 6.45) is 1.06. The maximum Gasteiger partial charge on any atom is 0.236 e. The molecule has 0 radical (unpaired) electrons. The topological polar surface area (TPSA) is 35.6 Å². The molecule has 0 saturated carbocycles. The first-order chi connectivity index (χ1) is 10.1. The van der Waals surface area contributed by atoms with E-state index in [2.05, 4.69) is 47.5 Å². The van der Waals surface area contributed by atoms with Crippen molar-refractivity contribution in [1.29, 1.82) is 0 Å². The molecular weight excluding hydrogens is 262 g/mol. The molecule has 116 valence electrons. The molecule has 4 nitrogen and oxygen atoms in total. The van der Waals surface area contributed by atoms with Gasteiger partial charge in [0.1, 0.15) is 0 Å². The van der Waals surface area contributed by atoms with Gasteiger partial charge in [0.15, 0.2) is 0 Å². The largest absolute Gasteiger partial charge is 0.341 e. The van der Waals surface area contributed by atoms with Crippen molar-refractivity contribution < 1.29 is 4.79 Å². The van der Waals surface area contributed by atoms with Gasteiger partial charge < -0.3 is 10.2 Å². The molecule has 1 fully saturated rings. The third kappa shape index (κ3) is 4.29. The summed E-state index contributed by atoms with van der Waals surface area (Å²) < 4.78 is 0. The Morgan fingerprint density at radius 2 is 2.10 bits per heavy atom. The van der Waals surface area contributed by atoms with Crippen LogP contribution in [0.1, 0.15) is 18.9 Å². The van der Waals surface area contributed by atoms with Crippen molar-refractivity contribution in [3.63, 3.8) is 0 Å². The van der Waals surface area contributed by atoms with E-state index in [1.165, 1.54) is 5.56 Å². The van der Waals surface area contributed by atoms with Gasteiger partial charge in [-0.15, -0.1) is 0 Å². The van der Waals surface area contributed by atoms with Crippen LogP contribution in [0.2, 0.25) is 0 Å². The van der Waals surface area contributed by atoms with Crippen LogP contribution < -0.4 is 5.32 Å². The molecule has 1 heterocycles. The number of rotatable bonds is 5. The quantitative estimate of drug-likeness (QED) is 0.894. The van der Waals surface area contributed by atoms with Crippen LogP contribution in [0.25, 0.3) is 0 Å². The first-order valence-electron chi connectivity index (χ1n) is 7.78. The number of piperidine rings is 1. The Hall–Kier alpha value is -1.39. The molecule has 2 atom stereocenters. The Labute approximate surface area is 128 Å². The molecule has 1 amide bonds. The van der Waals surface area contributed by atoms with Crippen LogP contribution in [0, 0.1) is 5.92 Å². The Bertz CT molecular complexity index is 449. The van der Waals surface area contributed by atoms with Crippen molar-refractivity contribution in [2.24, 2.45) is 5.92 Å². The molecule has 1 N–H and O–H groups in total. The molecule has 1 aromatic rings. The highest BCUT2D eigenvalue weighted by Gasteiger charge is 2.30. The number of hydrogen-bond donors (Lipinski definition) is 1. The van der Waals surface area contributed by atoms with Crippen LogP contribution in [-0.2, 0) is 11.3 Å². The Morgan fingerprint density at radius 3 is 2.71 bits per heavy atom. The second kappa shape index (κ2) is 7.57. The molecule has 0 bridgehead atoms. The maximum absolute atomic E-state index is 12.0. The van der Waals surface area contributed by atoms with Gasteiger partial charge in [-0.25, -0.2) is 0 Å². The monoisotopic (exact) mass is 289 g/mol. The molecule has 0 aromatic heterocycles. The van der Waals surface area contributed by atoms with Gasteiger partial charge in [0.05, 0.1) is 6.54 Å². The first-order valence-corrected chi connectivity index (χ1v) is 7.78. The zero-order valence-electron chi connectivity index (χ0n) is 13.4. The molecule has 0 unspecified atom stereocenters. The van der Waals surface area contributed by atoms with E-state index in [1.54, 1.807) is 0 Å². The summed E-state index contributed by atoms with van der Waals surface area (Å²) in [5.74, 6) is 0.694. The van der Waals surface area contributed by atoms with Crippen LogP contribution in [0.4, 0.5) is 0 Å². The SMILES string of the molecule is CNCC(=O)N(C)[C@@H]1CCN(Cc2ccccc2)C[C@H]1C. The maximum atomic E-state index is 12.0. The van der Waals surface area contributed by atoms with Crippen LogP contribution in [0.3, 0.4) is 0 Å². The lowest BCUT2D eigenvalue weighted by Crippen LogP contribution is -2.51. The lowest BCUT2D eigenvalue weighted by atomic mass is 9.92. The fourth-order valence-corrected chi connectivity index (χ4v) is 3.24. The highest BCUT2D eigenvalue weighted by atomic mass is 16.2. The molecular formula is C17H27N3O. The molecule has 1 aromatic carbocycles. The molecule has 0 aliphatic carbocycles. The van der Waals surface area contributed by atoms with Crippen molar-refractivity contribution >= 4 is 5.91 Å². The van der Waals surface area contributed by atoms with Crippen LogP contribution in [0.15, 0.2) is 30.3 Å². The van der Waals surface area contributed by atoms with E-state index in [0.29, 0.717) is 18.5 Å². The van der Waals surface area contributed by atoms with E-state index < -0.39 is 0 Å². The zero-order valence-corrected chi connectivity index (χ0v) is 13.4. The van der Waals surface area contributed by atoms with Gasteiger partial charge in [0, 0.05) is 32.7 Å². The van der Waals surface area contributed by atoms with Gasteiger partial charge in [-0.2, -0.15) is 0 Å². The Morgan fingerprint density at radius 1 is 1.38 bits per heavy atom. The van der Waals surface area contributed by atoms with Crippen LogP contribution >= 0.6 is 0 Å². The molecule has 1 saturated heterocycles. The van der Waals surface area contributed by atoms with Crippen molar-refractivity contribution in [3.8, 4) is 0 Å². The average Bonchev–Trinajstić information content (AvgIpc) is 2.48. The van der Waals surface area contributed by atoms with Crippen molar-refractivity contribution in [2.45, 2.75) is 25.9 Å². The van der Waals surface area contributed by atoms with E-state index in [-0.39, 0.29) is 5.91 Å². The number of carbonyl (C=O) groups is 1. The highest BCUT2D eigenvalue weighted by molar-refractivity contribution is 5.78. The van der Waals surface area contributed by atoms with Crippen molar-refractivity contribution in [1.82, 2.24) is 15.1 Å². The van der Waals surface area contributed by atoms with Gasteiger partial charge in [-0.1, -0.05) is 37.3 Å². The molecule has 2 rings (SSSR count). The van der Waals surface area contributed by atoms with Crippen molar-refractivity contribution in [2.75, 3.05) is 33.7 Å². The van der Waals surface area contributed by atoms with Crippen molar-refractivity contribution in [3.05, 3.63) is 35.9 Å². The Kier molecular flexibility index (Phi) is 5.76. The fourth-order valence-electron chi connectivity index (χ4n) is 3.24. The Balaban J connectivity index is 1.88. The lowest BCUT2D eigenvalue weighted by Gasteiger charge is -2.41. The van der Waals surface area contributed by atoms with Gasteiger partial charge >= 0.3 is 0 Å². The number of nitrogens with one attached hydrogen (secondary N) is 1. The number of amides is 1. The van der Waals surface area contributed by atoms with Gasteiger partial charge in [0.2, 0.25) is 5.91 Å². The minimum absolute atomic E-state index is 0.186. The minimum atomic E-state index is 0.186. The van der Waals surface area contributed by atoms with Gasteiger partial charge in [0.25, 0.3) is 0 Å². The molecule has 1 aliphatic rings. The van der Waals surface area contributed by atoms with E-state index in [0.717, 1.165) is 26.1 Å². The zero-order chi connectivity index (χ0) is 15.2. The van der Waals surface area contributed by atoms with E-state index in [1.807, 2.05) is 19.0 Å². The predicted molar refractivity (Wildman–Crippen MR) is 86.0 cm³/mol. The summed E-state index contributed by atoms with van der Waals surface area (Å²) in [5, 5.41) is 2.94. The van der Waals surface area contributed by atoms with Crippen LogP contribution in [0.5, 0.6) is 0 Å². The van der Waals surface area contributed by atoms with E-state index in [9.17, 15) is 4.79 Å². The summed E-state index contributed by atoms with van der Waals surface area (Å²) >= 11 is 0. The number of nitrogens with zero attached hydrogens (tertiary/aromatic N) is 2. The van der Waals surface area contributed by atoms with Gasteiger partial charge in [-0.05, 0) is 24.9 Å². The van der Waals surface area contributed by atoms with Crippen LogP contribution in [-0.4, -0.2) is 55.5 Å². The summed E-state index contributed by atoms with van der Waals surface area (Å²) in [6.45, 7) is 5.79. The fraction of sp³-hybridized carbons (Fsp3) is 0.588. The normalized spacial score (nSPS) is 23.0. The van der Waals surface area contributed by atoms with E-state index in [4.69, 9.17) is 0 Å². The molecule has 0 spiro atoms. The smallest absolute Gasteiger partial charge is 0.236 e. The predicted octanol–water partition coefficient (Wildman–Crippen LogP) is 1.57. The minimum Gasteiger partial charge on any atom is -0.341 e. The average molecular weight is 289 g/mol. The second-order valence-electron chi connectivity index (χ2n) is 6.09. The summed E-state index contributed by atoms with van der Waals surface area (Å²) in [6, 6.07) is 11.0. The van der Waals surface area contributed by atoms with E-state index >= 15 is 0 Å².